The Morgan fingerprint density at radius 3 is 2.59 bits per heavy atom. The summed E-state index contributed by atoms with van der Waals surface area (Å²) in [5.74, 6) is -0.663. The normalized spacial score (nSPS) is 10.1. The summed E-state index contributed by atoms with van der Waals surface area (Å²) in [5, 5.41) is 5.69. The summed E-state index contributed by atoms with van der Waals surface area (Å²) < 4.78 is 0.675. The maximum absolute atomic E-state index is 12.0. The number of hydrogen-bond donors (Lipinski definition) is 2. The van der Waals surface area contributed by atoms with Crippen molar-refractivity contribution in [1.82, 2.24) is 5.32 Å². The number of amides is 2. The fraction of sp³-hybridized carbons (Fsp3) is 0.125. The summed E-state index contributed by atoms with van der Waals surface area (Å²) in [6, 6.07) is 12.3. The summed E-state index contributed by atoms with van der Waals surface area (Å²) >= 11 is 9.34. The van der Waals surface area contributed by atoms with Crippen LogP contribution in [0.3, 0.4) is 0 Å². The highest BCUT2D eigenvalue weighted by Crippen LogP contribution is 2.22. The minimum Gasteiger partial charge on any atom is -0.343 e. The summed E-state index contributed by atoms with van der Waals surface area (Å²) in [4.78, 5) is 23.9. The standard InChI is InChI=1S/C16H14BrClN2O2/c1-10-6-7-14(13(18)8-10)20-15(21)9-19-16(22)11-4-2-3-5-12(11)17/h2-8H,9H2,1H3,(H,19,22)(H,20,21). The van der Waals surface area contributed by atoms with Crippen molar-refractivity contribution in [3.8, 4) is 0 Å². The minimum absolute atomic E-state index is 0.135. The van der Waals surface area contributed by atoms with Crippen molar-refractivity contribution in [2.45, 2.75) is 6.92 Å². The van der Waals surface area contributed by atoms with E-state index in [2.05, 4.69) is 26.6 Å². The third-order valence-corrected chi connectivity index (χ3v) is 3.93. The molecule has 0 aliphatic heterocycles. The highest BCUT2D eigenvalue weighted by molar-refractivity contribution is 9.10. The number of anilines is 1. The average molecular weight is 382 g/mol. The second-order valence-corrected chi connectivity index (χ2v) is 5.96. The van der Waals surface area contributed by atoms with Crippen LogP contribution < -0.4 is 10.6 Å². The zero-order valence-electron chi connectivity index (χ0n) is 11.8. The summed E-state index contributed by atoms with van der Waals surface area (Å²) in [7, 11) is 0. The van der Waals surface area contributed by atoms with Crippen LogP contribution in [0.4, 0.5) is 5.69 Å². The number of aryl methyl sites for hydroxylation is 1. The van der Waals surface area contributed by atoms with E-state index in [-0.39, 0.29) is 18.4 Å². The molecule has 0 aliphatic rings. The molecule has 0 aromatic heterocycles. The fourth-order valence-electron chi connectivity index (χ4n) is 1.82. The van der Waals surface area contributed by atoms with Gasteiger partial charge in [0, 0.05) is 4.47 Å². The quantitative estimate of drug-likeness (QED) is 0.847. The molecule has 0 radical (unpaired) electrons. The predicted octanol–water partition coefficient (Wildman–Crippen LogP) is 3.78. The number of nitrogens with one attached hydrogen (secondary N) is 2. The average Bonchev–Trinajstić information content (AvgIpc) is 2.48. The van der Waals surface area contributed by atoms with Gasteiger partial charge in [-0.2, -0.15) is 0 Å². The molecular formula is C16H14BrClN2O2. The zero-order valence-corrected chi connectivity index (χ0v) is 14.2. The Labute approximate surface area is 142 Å². The third kappa shape index (κ3) is 4.32. The van der Waals surface area contributed by atoms with Gasteiger partial charge < -0.3 is 10.6 Å². The van der Waals surface area contributed by atoms with Crippen LogP contribution >= 0.6 is 27.5 Å². The Morgan fingerprint density at radius 1 is 1.18 bits per heavy atom. The van der Waals surface area contributed by atoms with Crippen LogP contribution in [-0.2, 0) is 4.79 Å². The zero-order chi connectivity index (χ0) is 16.1. The SMILES string of the molecule is Cc1ccc(NC(=O)CNC(=O)c2ccccc2Br)c(Cl)c1. The van der Waals surface area contributed by atoms with Crippen LogP contribution in [0.2, 0.25) is 5.02 Å². The van der Waals surface area contributed by atoms with Crippen molar-refractivity contribution >= 4 is 45.0 Å². The van der Waals surface area contributed by atoms with Crippen LogP contribution in [0.25, 0.3) is 0 Å². The predicted molar refractivity (Wildman–Crippen MR) is 91.3 cm³/mol. The topological polar surface area (TPSA) is 58.2 Å². The maximum atomic E-state index is 12.0. The molecule has 0 aliphatic carbocycles. The van der Waals surface area contributed by atoms with Gasteiger partial charge in [-0.15, -0.1) is 0 Å². The molecule has 0 saturated heterocycles. The molecule has 2 aromatic carbocycles. The number of benzene rings is 2. The van der Waals surface area contributed by atoms with E-state index in [1.807, 2.05) is 19.1 Å². The number of carbonyl (C=O) groups is 2. The van der Waals surface area contributed by atoms with Crippen molar-refractivity contribution in [3.05, 3.63) is 63.1 Å². The van der Waals surface area contributed by atoms with E-state index in [0.29, 0.717) is 20.7 Å². The first-order chi connectivity index (χ1) is 10.5. The van der Waals surface area contributed by atoms with E-state index < -0.39 is 0 Å². The Hall–Kier alpha value is -1.85. The lowest BCUT2D eigenvalue weighted by molar-refractivity contribution is -0.115. The van der Waals surface area contributed by atoms with Gasteiger partial charge in [0.15, 0.2) is 0 Å². The minimum atomic E-state index is -0.342. The number of halogens is 2. The van der Waals surface area contributed by atoms with Gasteiger partial charge >= 0.3 is 0 Å². The molecule has 2 rings (SSSR count). The van der Waals surface area contributed by atoms with Crippen molar-refractivity contribution in [2.75, 3.05) is 11.9 Å². The molecule has 0 heterocycles. The number of carbonyl (C=O) groups excluding carboxylic acids is 2. The van der Waals surface area contributed by atoms with Crippen LogP contribution in [0, 0.1) is 6.92 Å². The van der Waals surface area contributed by atoms with Crippen molar-refractivity contribution in [1.29, 1.82) is 0 Å². The Bertz CT molecular complexity index is 719. The van der Waals surface area contributed by atoms with Gasteiger partial charge in [0.25, 0.3) is 5.91 Å². The van der Waals surface area contributed by atoms with Crippen LogP contribution in [0.15, 0.2) is 46.9 Å². The van der Waals surface area contributed by atoms with Crippen LogP contribution in [0.5, 0.6) is 0 Å². The first-order valence-corrected chi connectivity index (χ1v) is 7.73. The number of rotatable bonds is 4. The molecule has 0 atom stereocenters. The first kappa shape index (κ1) is 16.5. The Kier molecular flexibility index (Phi) is 5.57. The molecule has 4 nitrogen and oxygen atoms in total. The Morgan fingerprint density at radius 2 is 1.91 bits per heavy atom. The van der Waals surface area contributed by atoms with Crippen molar-refractivity contribution in [2.24, 2.45) is 0 Å². The van der Waals surface area contributed by atoms with Gasteiger partial charge in [0.05, 0.1) is 22.8 Å². The molecule has 2 N–H and O–H groups in total. The van der Waals surface area contributed by atoms with E-state index in [1.165, 1.54) is 0 Å². The van der Waals surface area contributed by atoms with Crippen molar-refractivity contribution in [3.63, 3.8) is 0 Å². The molecule has 22 heavy (non-hydrogen) atoms. The summed E-state index contributed by atoms with van der Waals surface area (Å²) in [6.45, 7) is 1.78. The van der Waals surface area contributed by atoms with Gasteiger partial charge in [-0.3, -0.25) is 9.59 Å². The van der Waals surface area contributed by atoms with Gasteiger partial charge in [-0.05, 0) is 52.7 Å². The van der Waals surface area contributed by atoms with Crippen molar-refractivity contribution < 1.29 is 9.59 Å². The molecule has 2 aromatic rings. The maximum Gasteiger partial charge on any atom is 0.252 e. The molecule has 0 saturated carbocycles. The van der Waals surface area contributed by atoms with Crippen LogP contribution in [-0.4, -0.2) is 18.4 Å². The third-order valence-electron chi connectivity index (χ3n) is 2.93. The van der Waals surface area contributed by atoms with Gasteiger partial charge in [-0.1, -0.05) is 29.8 Å². The second kappa shape index (κ2) is 7.42. The van der Waals surface area contributed by atoms with Gasteiger partial charge in [0.2, 0.25) is 5.91 Å². The van der Waals surface area contributed by atoms with E-state index in [9.17, 15) is 9.59 Å². The highest BCUT2D eigenvalue weighted by atomic mass is 79.9. The van der Waals surface area contributed by atoms with Crippen LogP contribution in [0.1, 0.15) is 15.9 Å². The molecular weight excluding hydrogens is 368 g/mol. The first-order valence-electron chi connectivity index (χ1n) is 6.56. The largest absolute Gasteiger partial charge is 0.343 e. The van der Waals surface area contributed by atoms with E-state index in [1.54, 1.807) is 30.3 Å². The monoisotopic (exact) mass is 380 g/mol. The summed E-state index contributed by atoms with van der Waals surface area (Å²) in [6.07, 6.45) is 0. The lowest BCUT2D eigenvalue weighted by Gasteiger charge is -2.09. The fourth-order valence-corrected chi connectivity index (χ4v) is 2.56. The van der Waals surface area contributed by atoms with Gasteiger partial charge in [0.1, 0.15) is 0 Å². The highest BCUT2D eigenvalue weighted by Gasteiger charge is 2.11. The summed E-state index contributed by atoms with van der Waals surface area (Å²) in [5.41, 5.74) is 2.00. The molecule has 6 heteroatoms. The lowest BCUT2D eigenvalue weighted by Crippen LogP contribution is -2.33. The molecule has 0 bridgehead atoms. The second-order valence-electron chi connectivity index (χ2n) is 4.69. The Balaban J connectivity index is 1.93. The molecule has 0 spiro atoms. The molecule has 2 amide bonds. The van der Waals surface area contributed by atoms with E-state index in [0.717, 1.165) is 5.56 Å². The molecule has 114 valence electrons. The van der Waals surface area contributed by atoms with Gasteiger partial charge in [-0.25, -0.2) is 0 Å². The van der Waals surface area contributed by atoms with E-state index in [4.69, 9.17) is 11.6 Å². The smallest absolute Gasteiger partial charge is 0.252 e. The lowest BCUT2D eigenvalue weighted by atomic mass is 10.2. The number of hydrogen-bond acceptors (Lipinski definition) is 2. The molecule has 0 fully saturated rings. The van der Waals surface area contributed by atoms with E-state index >= 15 is 0 Å². The molecule has 0 unspecified atom stereocenters.